The standard InChI is InChI=1S/C27H31F3N4O3.ClH/c1-21-18-33(26(36)34(25(21)35)19-22-8-3-2-4-9-22)13-7-12-31-14-16-32(17-15-31)23-10-5-6-11-24(23)37-20-27(28,29)30;/h2-6,8-11,18H,7,12-17,19-20H2,1H3;1H. The molecule has 38 heavy (non-hydrogen) atoms. The van der Waals surface area contributed by atoms with E-state index in [0.717, 1.165) is 31.6 Å². The molecule has 1 fully saturated rings. The molecule has 0 aliphatic carbocycles. The second-order valence-electron chi connectivity index (χ2n) is 9.22. The van der Waals surface area contributed by atoms with Crippen molar-refractivity contribution < 1.29 is 17.9 Å². The molecular weight excluding hydrogens is 521 g/mol. The predicted molar refractivity (Wildman–Crippen MR) is 144 cm³/mol. The fourth-order valence-electron chi connectivity index (χ4n) is 4.54. The Bertz CT molecular complexity index is 1300. The van der Waals surface area contributed by atoms with Crippen LogP contribution in [-0.4, -0.2) is 59.5 Å². The number of halogens is 4. The number of piperazine rings is 1. The number of hydrogen-bond donors (Lipinski definition) is 0. The molecule has 2 aromatic carbocycles. The smallest absolute Gasteiger partial charge is 0.422 e. The van der Waals surface area contributed by atoms with Crippen molar-refractivity contribution >= 4 is 18.1 Å². The third-order valence-corrected chi connectivity index (χ3v) is 6.44. The van der Waals surface area contributed by atoms with Crippen LogP contribution >= 0.6 is 12.4 Å². The first-order valence-electron chi connectivity index (χ1n) is 12.3. The zero-order chi connectivity index (χ0) is 26.4. The number of para-hydroxylation sites is 2. The Balaban J connectivity index is 0.00000400. The molecule has 3 aromatic rings. The summed E-state index contributed by atoms with van der Waals surface area (Å²) in [4.78, 5) is 29.9. The van der Waals surface area contributed by atoms with Crippen LogP contribution in [0.4, 0.5) is 18.9 Å². The van der Waals surface area contributed by atoms with Crippen LogP contribution in [-0.2, 0) is 13.1 Å². The quantitative estimate of drug-likeness (QED) is 0.402. The van der Waals surface area contributed by atoms with Gasteiger partial charge in [-0.1, -0.05) is 42.5 Å². The highest BCUT2D eigenvalue weighted by Crippen LogP contribution is 2.30. The number of anilines is 1. The summed E-state index contributed by atoms with van der Waals surface area (Å²) < 4.78 is 45.7. The third-order valence-electron chi connectivity index (χ3n) is 6.44. The first kappa shape index (κ1) is 29.3. The lowest BCUT2D eigenvalue weighted by molar-refractivity contribution is -0.153. The normalized spacial score (nSPS) is 14.3. The van der Waals surface area contributed by atoms with E-state index in [9.17, 15) is 22.8 Å². The van der Waals surface area contributed by atoms with Gasteiger partial charge in [0, 0.05) is 44.5 Å². The summed E-state index contributed by atoms with van der Waals surface area (Å²) >= 11 is 0. The minimum Gasteiger partial charge on any atom is -0.482 e. The number of alkyl halides is 3. The number of rotatable bonds is 9. The maximum absolute atomic E-state index is 13.0. The van der Waals surface area contributed by atoms with E-state index in [2.05, 4.69) is 4.90 Å². The molecule has 206 valence electrons. The van der Waals surface area contributed by atoms with Crippen LogP contribution in [0, 0.1) is 6.92 Å². The molecular formula is C27H32ClF3N4O3. The second kappa shape index (κ2) is 13.0. The number of ether oxygens (including phenoxy) is 1. The number of benzene rings is 2. The largest absolute Gasteiger partial charge is 0.482 e. The molecule has 0 radical (unpaired) electrons. The van der Waals surface area contributed by atoms with E-state index < -0.39 is 12.8 Å². The van der Waals surface area contributed by atoms with Crippen LogP contribution in [0.1, 0.15) is 17.5 Å². The van der Waals surface area contributed by atoms with Crippen molar-refractivity contribution in [2.45, 2.75) is 32.6 Å². The van der Waals surface area contributed by atoms with Gasteiger partial charge in [-0.15, -0.1) is 12.4 Å². The van der Waals surface area contributed by atoms with Crippen LogP contribution in [0.15, 0.2) is 70.4 Å². The minimum absolute atomic E-state index is 0. The van der Waals surface area contributed by atoms with Crippen molar-refractivity contribution in [3.8, 4) is 5.75 Å². The van der Waals surface area contributed by atoms with E-state index in [1.807, 2.05) is 35.2 Å². The predicted octanol–water partition coefficient (Wildman–Crippen LogP) is 3.94. The van der Waals surface area contributed by atoms with Gasteiger partial charge in [0.25, 0.3) is 5.56 Å². The van der Waals surface area contributed by atoms with Gasteiger partial charge in [-0.3, -0.25) is 14.3 Å². The lowest BCUT2D eigenvalue weighted by Crippen LogP contribution is -2.47. The number of aromatic nitrogens is 2. The molecule has 0 bridgehead atoms. The monoisotopic (exact) mass is 552 g/mol. The van der Waals surface area contributed by atoms with Gasteiger partial charge in [0.05, 0.1) is 12.2 Å². The molecule has 1 saturated heterocycles. The first-order chi connectivity index (χ1) is 17.7. The van der Waals surface area contributed by atoms with E-state index >= 15 is 0 Å². The average Bonchev–Trinajstić information content (AvgIpc) is 2.89. The lowest BCUT2D eigenvalue weighted by Gasteiger charge is -2.36. The van der Waals surface area contributed by atoms with E-state index in [-0.39, 0.29) is 36.0 Å². The van der Waals surface area contributed by atoms with E-state index in [4.69, 9.17) is 4.74 Å². The Labute approximate surface area is 225 Å². The summed E-state index contributed by atoms with van der Waals surface area (Å²) in [5.41, 5.74) is 1.48. The highest BCUT2D eigenvalue weighted by Gasteiger charge is 2.29. The molecule has 1 aliphatic heterocycles. The molecule has 11 heteroatoms. The summed E-state index contributed by atoms with van der Waals surface area (Å²) in [6.07, 6.45) is -2.03. The van der Waals surface area contributed by atoms with Crippen molar-refractivity contribution in [1.82, 2.24) is 14.0 Å². The highest BCUT2D eigenvalue weighted by atomic mass is 35.5. The van der Waals surface area contributed by atoms with Crippen LogP contribution < -0.4 is 20.9 Å². The van der Waals surface area contributed by atoms with Crippen molar-refractivity contribution in [2.75, 3.05) is 44.2 Å². The molecule has 1 aromatic heterocycles. The summed E-state index contributed by atoms with van der Waals surface area (Å²) in [5.74, 6) is 0.230. The second-order valence-corrected chi connectivity index (χ2v) is 9.22. The zero-order valence-electron chi connectivity index (χ0n) is 21.2. The summed E-state index contributed by atoms with van der Waals surface area (Å²) in [5, 5.41) is 0. The number of nitrogens with zero attached hydrogens (tertiary/aromatic N) is 4. The Morgan fingerprint density at radius 1 is 0.895 bits per heavy atom. The lowest BCUT2D eigenvalue weighted by atomic mass is 10.2. The fourth-order valence-corrected chi connectivity index (χ4v) is 4.54. The van der Waals surface area contributed by atoms with Gasteiger partial charge >= 0.3 is 11.9 Å². The Hall–Kier alpha value is -3.24. The van der Waals surface area contributed by atoms with Crippen molar-refractivity contribution in [3.05, 3.63) is 92.8 Å². The zero-order valence-corrected chi connectivity index (χ0v) is 22.0. The Morgan fingerprint density at radius 3 is 2.24 bits per heavy atom. The average molecular weight is 553 g/mol. The molecule has 0 N–H and O–H groups in total. The first-order valence-corrected chi connectivity index (χ1v) is 12.3. The fraction of sp³-hybridized carbons (Fsp3) is 0.407. The molecule has 2 heterocycles. The number of hydrogen-bond acceptors (Lipinski definition) is 5. The molecule has 0 saturated carbocycles. The third kappa shape index (κ3) is 7.64. The SMILES string of the molecule is Cc1cn(CCCN2CCN(c3ccccc3OCC(F)(F)F)CC2)c(=O)n(Cc2ccccc2)c1=O.Cl. The molecule has 0 spiro atoms. The van der Waals surface area contributed by atoms with Crippen molar-refractivity contribution in [1.29, 1.82) is 0 Å². The minimum atomic E-state index is -4.39. The van der Waals surface area contributed by atoms with Gasteiger partial charge in [0.15, 0.2) is 6.61 Å². The van der Waals surface area contributed by atoms with Crippen LogP contribution in [0.2, 0.25) is 0 Å². The molecule has 0 amide bonds. The molecule has 1 aliphatic rings. The van der Waals surface area contributed by atoms with Gasteiger partial charge in [-0.2, -0.15) is 13.2 Å². The maximum atomic E-state index is 13.0. The van der Waals surface area contributed by atoms with E-state index in [1.54, 1.807) is 42.0 Å². The van der Waals surface area contributed by atoms with Crippen molar-refractivity contribution in [3.63, 3.8) is 0 Å². The van der Waals surface area contributed by atoms with Crippen molar-refractivity contribution in [2.24, 2.45) is 0 Å². The van der Waals surface area contributed by atoms with E-state index in [0.29, 0.717) is 30.9 Å². The van der Waals surface area contributed by atoms with E-state index in [1.165, 1.54) is 4.57 Å². The molecule has 7 nitrogen and oxygen atoms in total. The maximum Gasteiger partial charge on any atom is 0.422 e. The molecule has 0 unspecified atom stereocenters. The van der Waals surface area contributed by atoms with Gasteiger partial charge < -0.3 is 14.2 Å². The topological polar surface area (TPSA) is 59.7 Å². The summed E-state index contributed by atoms with van der Waals surface area (Å²) in [6, 6.07) is 16.2. The van der Waals surface area contributed by atoms with Crippen LogP contribution in [0.3, 0.4) is 0 Å². The van der Waals surface area contributed by atoms with Gasteiger partial charge in [0.1, 0.15) is 5.75 Å². The Kier molecular flexibility index (Phi) is 10.0. The van der Waals surface area contributed by atoms with Gasteiger partial charge in [-0.05, 0) is 37.6 Å². The van der Waals surface area contributed by atoms with Gasteiger partial charge in [-0.25, -0.2) is 4.79 Å². The van der Waals surface area contributed by atoms with Crippen LogP contribution in [0.5, 0.6) is 5.75 Å². The summed E-state index contributed by atoms with van der Waals surface area (Å²) in [6.45, 7) is 4.70. The number of aryl methyl sites for hydroxylation is 2. The Morgan fingerprint density at radius 2 is 1.55 bits per heavy atom. The molecule has 4 rings (SSSR count). The molecule has 0 atom stereocenters. The van der Waals surface area contributed by atoms with Gasteiger partial charge in [0.2, 0.25) is 0 Å². The summed E-state index contributed by atoms with van der Waals surface area (Å²) in [7, 11) is 0. The van der Waals surface area contributed by atoms with Crippen LogP contribution in [0.25, 0.3) is 0 Å². The highest BCUT2D eigenvalue weighted by molar-refractivity contribution is 5.85.